The van der Waals surface area contributed by atoms with Crippen LogP contribution in [0.3, 0.4) is 0 Å². The molecule has 0 heterocycles. The van der Waals surface area contributed by atoms with E-state index < -0.39 is 30.1 Å². The minimum Gasteiger partial charge on any atom is -0.488 e. The van der Waals surface area contributed by atoms with Crippen LogP contribution in [0.4, 0.5) is 4.79 Å². The van der Waals surface area contributed by atoms with Gasteiger partial charge in [0.1, 0.15) is 30.0 Å². The van der Waals surface area contributed by atoms with Crippen LogP contribution < -0.4 is 15.4 Å². The summed E-state index contributed by atoms with van der Waals surface area (Å²) in [6.07, 6.45) is -0.339. The molecule has 0 radical (unpaired) electrons. The van der Waals surface area contributed by atoms with Gasteiger partial charge in [-0.1, -0.05) is 72.8 Å². The van der Waals surface area contributed by atoms with E-state index in [-0.39, 0.29) is 25.0 Å². The van der Waals surface area contributed by atoms with Crippen molar-refractivity contribution in [3.05, 3.63) is 102 Å². The number of rotatable bonds is 11. The van der Waals surface area contributed by atoms with E-state index in [1.165, 1.54) is 7.11 Å². The van der Waals surface area contributed by atoms with Crippen molar-refractivity contribution in [1.29, 1.82) is 0 Å². The molecule has 0 unspecified atom stereocenters. The Hall–Kier alpha value is -4.33. The third kappa shape index (κ3) is 10.2. The fraction of sp³-hybridized carbons (Fsp3) is 0.323. The molecule has 0 spiro atoms. The lowest BCUT2D eigenvalue weighted by atomic mass is 10.0. The Bertz CT molecular complexity index is 1210. The third-order valence-electron chi connectivity index (χ3n) is 5.69. The first-order chi connectivity index (χ1) is 18.6. The van der Waals surface area contributed by atoms with Crippen molar-refractivity contribution in [1.82, 2.24) is 10.6 Å². The molecular weight excluding hydrogens is 496 g/mol. The molecule has 2 amide bonds. The number of amides is 2. The molecular formula is C31H36N2O6. The molecule has 2 atom stereocenters. The first-order valence-corrected chi connectivity index (χ1v) is 12.8. The number of esters is 1. The molecule has 206 valence electrons. The van der Waals surface area contributed by atoms with Gasteiger partial charge in [0.2, 0.25) is 5.91 Å². The number of benzene rings is 3. The molecule has 8 heteroatoms. The number of methoxy groups -OCH3 is 1. The highest BCUT2D eigenvalue weighted by molar-refractivity contribution is 5.90. The Labute approximate surface area is 229 Å². The summed E-state index contributed by atoms with van der Waals surface area (Å²) in [5.74, 6) is -0.426. The maximum Gasteiger partial charge on any atom is 0.408 e. The second-order valence-electron chi connectivity index (χ2n) is 10.1. The van der Waals surface area contributed by atoms with Crippen molar-refractivity contribution in [3.63, 3.8) is 0 Å². The zero-order valence-electron chi connectivity index (χ0n) is 22.8. The average Bonchev–Trinajstić information content (AvgIpc) is 2.92. The molecule has 8 nitrogen and oxygen atoms in total. The van der Waals surface area contributed by atoms with Crippen LogP contribution in [0.2, 0.25) is 0 Å². The van der Waals surface area contributed by atoms with E-state index in [1.807, 2.05) is 106 Å². The van der Waals surface area contributed by atoms with Crippen molar-refractivity contribution in [2.45, 2.75) is 57.9 Å². The molecule has 2 N–H and O–H groups in total. The zero-order valence-corrected chi connectivity index (χ0v) is 22.8. The van der Waals surface area contributed by atoms with Gasteiger partial charge in [-0.25, -0.2) is 9.59 Å². The van der Waals surface area contributed by atoms with Crippen LogP contribution in [0.5, 0.6) is 5.75 Å². The van der Waals surface area contributed by atoms with Crippen molar-refractivity contribution in [3.8, 4) is 5.75 Å². The van der Waals surface area contributed by atoms with Gasteiger partial charge in [0, 0.05) is 12.8 Å². The molecule has 0 aliphatic heterocycles. The number of hydrogen-bond acceptors (Lipinski definition) is 6. The summed E-state index contributed by atoms with van der Waals surface area (Å²) < 4.78 is 16.1. The highest BCUT2D eigenvalue weighted by atomic mass is 16.5. The van der Waals surface area contributed by atoms with Crippen LogP contribution in [0.25, 0.3) is 0 Å². The second-order valence-corrected chi connectivity index (χ2v) is 10.1. The summed E-state index contributed by atoms with van der Waals surface area (Å²) in [6.45, 7) is 5.93. The molecule has 0 aliphatic rings. The second kappa shape index (κ2) is 14.0. The predicted molar refractivity (Wildman–Crippen MR) is 148 cm³/mol. The highest BCUT2D eigenvalue weighted by Crippen LogP contribution is 2.19. The van der Waals surface area contributed by atoms with E-state index in [4.69, 9.17) is 14.2 Å². The molecule has 0 aromatic heterocycles. The summed E-state index contributed by atoms with van der Waals surface area (Å²) in [5.41, 5.74) is 2.11. The number of carbonyl (C=O) groups excluding carboxylic acids is 3. The van der Waals surface area contributed by atoms with Gasteiger partial charge >= 0.3 is 12.1 Å². The minimum atomic E-state index is -1.01. The van der Waals surface area contributed by atoms with Crippen LogP contribution in [0.15, 0.2) is 84.9 Å². The fourth-order valence-corrected chi connectivity index (χ4v) is 3.86. The molecule has 0 aliphatic carbocycles. The van der Waals surface area contributed by atoms with Gasteiger partial charge in [-0.15, -0.1) is 0 Å². The van der Waals surface area contributed by atoms with E-state index in [2.05, 4.69) is 10.6 Å². The van der Waals surface area contributed by atoms with Crippen LogP contribution >= 0.6 is 0 Å². The first kappa shape index (κ1) is 29.2. The lowest BCUT2D eigenvalue weighted by molar-refractivity contribution is -0.145. The normalized spacial score (nSPS) is 12.5. The lowest BCUT2D eigenvalue weighted by Crippen LogP contribution is -2.53. The van der Waals surface area contributed by atoms with Gasteiger partial charge in [0.25, 0.3) is 0 Å². The van der Waals surface area contributed by atoms with Crippen molar-refractivity contribution in [2.75, 3.05) is 7.11 Å². The van der Waals surface area contributed by atoms with Crippen LogP contribution in [-0.4, -0.2) is 42.8 Å². The van der Waals surface area contributed by atoms with E-state index in [0.29, 0.717) is 5.75 Å². The number of carbonyl (C=O) groups is 3. The Morgan fingerprint density at radius 3 is 1.82 bits per heavy atom. The number of alkyl carbamates (subject to hydrolysis) is 1. The average molecular weight is 533 g/mol. The topological polar surface area (TPSA) is 103 Å². The van der Waals surface area contributed by atoms with E-state index in [9.17, 15) is 14.4 Å². The fourth-order valence-electron chi connectivity index (χ4n) is 3.86. The highest BCUT2D eigenvalue weighted by Gasteiger charge is 2.28. The van der Waals surface area contributed by atoms with Crippen LogP contribution in [0, 0.1) is 0 Å². The minimum absolute atomic E-state index is 0.0542. The van der Waals surface area contributed by atoms with Crippen LogP contribution in [0.1, 0.15) is 37.5 Å². The third-order valence-corrected chi connectivity index (χ3v) is 5.69. The molecule has 3 aromatic rings. The van der Waals surface area contributed by atoms with Gasteiger partial charge < -0.3 is 24.8 Å². The van der Waals surface area contributed by atoms with Crippen molar-refractivity contribution >= 4 is 18.0 Å². The molecule has 39 heavy (non-hydrogen) atoms. The van der Waals surface area contributed by atoms with Gasteiger partial charge in [-0.05, 0) is 49.6 Å². The smallest absolute Gasteiger partial charge is 0.408 e. The van der Waals surface area contributed by atoms with E-state index in [1.54, 1.807) is 0 Å². The summed E-state index contributed by atoms with van der Waals surface area (Å²) >= 11 is 0. The summed E-state index contributed by atoms with van der Waals surface area (Å²) in [5, 5.41) is 5.41. The Morgan fingerprint density at radius 2 is 1.26 bits per heavy atom. The molecule has 0 fully saturated rings. The maximum atomic E-state index is 13.4. The molecule has 3 aromatic carbocycles. The monoisotopic (exact) mass is 532 g/mol. The number of hydrogen-bond donors (Lipinski definition) is 2. The predicted octanol–water partition coefficient (Wildman–Crippen LogP) is 4.60. The Morgan fingerprint density at radius 1 is 0.718 bits per heavy atom. The first-order valence-electron chi connectivity index (χ1n) is 12.8. The summed E-state index contributed by atoms with van der Waals surface area (Å²) in [6, 6.07) is 23.9. The standard InChI is InChI=1S/C31H36N2O6/c1-31(2,3)39-25-17-15-23(16-18-25)19-26(33-30(36)38-21-24-13-9-6-10-14-24)28(34)32-27(29(35)37-4)20-22-11-7-5-8-12-22/h5-18,26-27H,19-21H2,1-4H3,(H,32,34)(H,33,36)/t26-,27-/m0/s1. The maximum absolute atomic E-state index is 13.4. The molecule has 3 rings (SSSR count). The molecule has 0 saturated carbocycles. The van der Waals surface area contributed by atoms with Crippen LogP contribution in [-0.2, 0) is 38.5 Å². The molecule has 0 saturated heterocycles. The largest absolute Gasteiger partial charge is 0.488 e. The Kier molecular flexibility index (Phi) is 10.5. The number of nitrogens with one attached hydrogen (secondary N) is 2. The summed E-state index contributed by atoms with van der Waals surface area (Å²) in [7, 11) is 1.27. The van der Waals surface area contributed by atoms with Crippen molar-refractivity contribution in [2.24, 2.45) is 0 Å². The van der Waals surface area contributed by atoms with Gasteiger partial charge in [0.15, 0.2) is 0 Å². The van der Waals surface area contributed by atoms with E-state index in [0.717, 1.165) is 16.7 Å². The Balaban J connectivity index is 1.75. The van der Waals surface area contributed by atoms with Gasteiger partial charge in [-0.3, -0.25) is 4.79 Å². The SMILES string of the molecule is COC(=O)[C@H](Cc1ccccc1)NC(=O)[C@H](Cc1ccc(OC(C)(C)C)cc1)NC(=O)OCc1ccccc1. The molecule has 0 bridgehead atoms. The number of ether oxygens (including phenoxy) is 3. The quantitative estimate of drug-likeness (QED) is 0.350. The lowest BCUT2D eigenvalue weighted by Gasteiger charge is -2.23. The zero-order chi connectivity index (χ0) is 28.3. The van der Waals surface area contributed by atoms with Gasteiger partial charge in [-0.2, -0.15) is 0 Å². The van der Waals surface area contributed by atoms with E-state index >= 15 is 0 Å². The summed E-state index contributed by atoms with van der Waals surface area (Å²) in [4.78, 5) is 38.6. The van der Waals surface area contributed by atoms with Gasteiger partial charge in [0.05, 0.1) is 7.11 Å². The van der Waals surface area contributed by atoms with Crippen molar-refractivity contribution < 1.29 is 28.6 Å².